The van der Waals surface area contributed by atoms with Crippen LogP contribution in [0, 0.1) is 11.3 Å². The second kappa shape index (κ2) is 28.7. The van der Waals surface area contributed by atoms with Crippen LogP contribution >= 0.6 is 31.9 Å². The summed E-state index contributed by atoms with van der Waals surface area (Å²) in [6.07, 6.45) is -1.48. The van der Waals surface area contributed by atoms with Crippen LogP contribution in [0.4, 0.5) is 13.2 Å². The van der Waals surface area contributed by atoms with Crippen molar-refractivity contribution >= 4 is 70.8 Å². The standard InChI is InChI=1S/C18H14BrS.C15H16BrF3O7S.C12H22O2.C10H14O/c19-15-11-13-18(14-12-15)20(16-7-3-1-4-8-16)17-9-5-2-6-10-17;1-3-8(2)13(20)25-11-6-9(4-5-10(11)16)14(21)26-12(15(17,18)19)7-27(22,23)24;1-5-11(2,3)10(13)14-12(4)8-6-7-9-12;1-3-8(2)9-4-6-10(11)7-5-9/h1-14H;4-6,8,12H,3,7H2,1-2H3,(H,22,23,24);5-9H2,1-4H3;4-8,11H,3H2,1-2H3/q+1;;;/p-1. The number of rotatable bonds is 15. The SMILES string of the molecule is Brc1ccc([S+](c2ccccc2)c2ccccc2)cc1.CCC(C)(C)C(=O)OC1(C)CCCC1.CCC(C)C(=O)Oc1cc(C(=O)OC(CS(=O)(=O)[O-])C(F)(F)F)ccc1Br.CCC(C)c1ccc(O)cc1. The van der Waals surface area contributed by atoms with E-state index in [4.69, 9.17) is 14.6 Å². The maximum atomic E-state index is 12.8. The molecule has 72 heavy (non-hydrogen) atoms. The summed E-state index contributed by atoms with van der Waals surface area (Å²) in [6, 6.07) is 40.7. The van der Waals surface area contributed by atoms with E-state index in [-0.39, 0.29) is 38.1 Å². The summed E-state index contributed by atoms with van der Waals surface area (Å²) in [5, 5.41) is 9.01. The zero-order valence-electron chi connectivity index (χ0n) is 41.8. The second-order valence-electron chi connectivity index (χ2n) is 18.1. The van der Waals surface area contributed by atoms with Crippen molar-refractivity contribution in [3.63, 3.8) is 0 Å². The first kappa shape index (κ1) is 61.6. The van der Waals surface area contributed by atoms with Gasteiger partial charge in [0.15, 0.2) is 14.7 Å². The van der Waals surface area contributed by atoms with Crippen molar-refractivity contribution in [2.45, 2.75) is 139 Å². The summed E-state index contributed by atoms with van der Waals surface area (Å²) < 4.78 is 86.5. The molecule has 392 valence electrons. The largest absolute Gasteiger partial charge is 0.748 e. The van der Waals surface area contributed by atoms with Gasteiger partial charge in [-0.3, -0.25) is 9.59 Å². The van der Waals surface area contributed by atoms with Gasteiger partial charge in [0.2, 0.25) is 6.10 Å². The third kappa shape index (κ3) is 20.7. The molecule has 3 atom stereocenters. The third-order valence-electron chi connectivity index (χ3n) is 11.9. The van der Waals surface area contributed by atoms with Crippen LogP contribution < -0.4 is 4.74 Å². The number of alkyl halides is 3. The fourth-order valence-electron chi connectivity index (χ4n) is 6.52. The van der Waals surface area contributed by atoms with E-state index in [1.165, 1.54) is 39.2 Å². The highest BCUT2D eigenvalue weighted by Gasteiger charge is 2.44. The zero-order chi connectivity index (χ0) is 53.9. The topological polar surface area (TPSA) is 156 Å². The normalized spacial score (nSPS) is 14.4. The molecule has 1 aliphatic rings. The summed E-state index contributed by atoms with van der Waals surface area (Å²) in [5.74, 6) is -3.78. The van der Waals surface area contributed by atoms with E-state index >= 15 is 0 Å². The van der Waals surface area contributed by atoms with Gasteiger partial charge >= 0.3 is 24.1 Å². The van der Waals surface area contributed by atoms with Gasteiger partial charge in [-0.1, -0.05) is 99.1 Å². The summed E-state index contributed by atoms with van der Waals surface area (Å²) in [5.41, 5.74) is 0.364. The van der Waals surface area contributed by atoms with E-state index in [1.807, 2.05) is 32.9 Å². The number of halogens is 5. The van der Waals surface area contributed by atoms with Gasteiger partial charge < -0.3 is 23.9 Å². The van der Waals surface area contributed by atoms with Gasteiger partial charge in [0.25, 0.3) is 0 Å². The molecule has 1 saturated carbocycles. The molecule has 5 aromatic carbocycles. The molecule has 1 N–H and O–H groups in total. The van der Waals surface area contributed by atoms with Crippen LogP contribution in [0.2, 0.25) is 0 Å². The molecule has 1 aliphatic carbocycles. The molecule has 6 rings (SSSR count). The Labute approximate surface area is 442 Å². The predicted molar refractivity (Wildman–Crippen MR) is 282 cm³/mol. The number of carbonyl (C=O) groups excluding carboxylic acids is 3. The number of phenols is 1. The van der Waals surface area contributed by atoms with Crippen LogP contribution in [-0.2, 0) is 40.1 Å². The Kier molecular flexibility index (Phi) is 24.5. The van der Waals surface area contributed by atoms with Crippen molar-refractivity contribution in [2.75, 3.05) is 5.75 Å². The van der Waals surface area contributed by atoms with E-state index in [2.05, 4.69) is 142 Å². The van der Waals surface area contributed by atoms with E-state index < -0.39 is 51.6 Å². The van der Waals surface area contributed by atoms with Crippen LogP contribution in [0.3, 0.4) is 0 Å². The Balaban J connectivity index is 0.000000267. The Bertz CT molecular complexity index is 2540. The molecule has 0 amide bonds. The van der Waals surface area contributed by atoms with Gasteiger partial charge in [-0.15, -0.1) is 0 Å². The maximum absolute atomic E-state index is 12.8. The average molecular weight is 1170 g/mol. The smallest absolute Gasteiger partial charge is 0.426 e. The molecule has 0 saturated heterocycles. The first-order valence-corrected chi connectivity index (χ1v) is 28.0. The predicted octanol–water partition coefficient (Wildman–Crippen LogP) is 14.8. The molecule has 0 bridgehead atoms. The highest BCUT2D eigenvalue weighted by Crippen LogP contribution is 2.36. The van der Waals surface area contributed by atoms with Gasteiger partial charge in [-0.25, -0.2) is 13.2 Å². The van der Waals surface area contributed by atoms with Crippen molar-refractivity contribution in [2.24, 2.45) is 11.3 Å². The minimum atomic E-state index is -5.30. The molecule has 1 fully saturated rings. The number of phenolic OH excluding ortho intramolecular Hbond substituents is 1. The van der Waals surface area contributed by atoms with Gasteiger partial charge in [-0.2, -0.15) is 13.2 Å². The Morgan fingerprint density at radius 2 is 1.29 bits per heavy atom. The lowest BCUT2D eigenvalue weighted by atomic mass is 9.90. The monoisotopic (exact) mass is 1160 g/mol. The Morgan fingerprint density at radius 1 is 0.778 bits per heavy atom. The number of aromatic hydroxyl groups is 1. The minimum Gasteiger partial charge on any atom is -0.748 e. The van der Waals surface area contributed by atoms with Crippen LogP contribution in [-0.4, -0.2) is 59.6 Å². The average Bonchev–Trinajstić information content (AvgIpc) is 3.78. The van der Waals surface area contributed by atoms with Gasteiger partial charge in [0, 0.05) is 4.47 Å². The fraction of sp³-hybridized carbons (Fsp3) is 0.400. The van der Waals surface area contributed by atoms with E-state index in [0.717, 1.165) is 42.3 Å². The van der Waals surface area contributed by atoms with Crippen molar-refractivity contribution in [3.05, 3.63) is 147 Å². The lowest BCUT2D eigenvalue weighted by molar-refractivity contribution is -0.197. The quantitative estimate of drug-likeness (QED) is 0.0463. The lowest BCUT2D eigenvalue weighted by Crippen LogP contribution is -2.39. The van der Waals surface area contributed by atoms with Gasteiger partial charge in [-0.05, 0) is 172 Å². The van der Waals surface area contributed by atoms with Crippen molar-refractivity contribution in [3.8, 4) is 11.5 Å². The highest BCUT2D eigenvalue weighted by atomic mass is 79.9. The maximum Gasteiger partial charge on any atom is 0.426 e. The van der Waals surface area contributed by atoms with Crippen molar-refractivity contribution < 1.29 is 59.8 Å². The molecular weight excluding hydrogens is 1100 g/mol. The van der Waals surface area contributed by atoms with Crippen LogP contribution in [0.25, 0.3) is 0 Å². The van der Waals surface area contributed by atoms with E-state index in [0.29, 0.717) is 18.1 Å². The van der Waals surface area contributed by atoms with E-state index in [9.17, 15) is 40.5 Å². The second-order valence-corrected chi connectivity index (χ2v) is 23.4. The third-order valence-corrected chi connectivity index (χ3v) is 16.0. The number of hydrogen-bond acceptors (Lipinski definition) is 10. The Hall–Kier alpha value is -4.68. The summed E-state index contributed by atoms with van der Waals surface area (Å²) >= 11 is 6.58. The summed E-state index contributed by atoms with van der Waals surface area (Å²) in [7, 11) is -5.35. The molecule has 3 unspecified atom stereocenters. The van der Waals surface area contributed by atoms with Crippen LogP contribution in [0.5, 0.6) is 11.5 Å². The summed E-state index contributed by atoms with van der Waals surface area (Å²) in [4.78, 5) is 39.7. The van der Waals surface area contributed by atoms with Crippen LogP contribution in [0.15, 0.2) is 151 Å². The number of hydrogen-bond donors (Lipinski definition) is 1. The Morgan fingerprint density at radius 3 is 1.75 bits per heavy atom. The fourth-order valence-corrected chi connectivity index (χ4v) is 9.83. The number of ether oxygens (including phenoxy) is 3. The number of benzene rings is 5. The lowest BCUT2D eigenvalue weighted by Gasteiger charge is -2.29. The van der Waals surface area contributed by atoms with Gasteiger partial charge in [0.05, 0.1) is 48.1 Å². The van der Waals surface area contributed by atoms with Crippen molar-refractivity contribution in [1.82, 2.24) is 0 Å². The molecule has 0 aromatic heterocycles. The molecule has 5 aromatic rings. The van der Waals surface area contributed by atoms with E-state index in [1.54, 1.807) is 26.0 Å². The molecule has 0 heterocycles. The van der Waals surface area contributed by atoms with Crippen LogP contribution in [0.1, 0.15) is 122 Å². The van der Waals surface area contributed by atoms with Crippen molar-refractivity contribution in [1.29, 1.82) is 0 Å². The minimum absolute atomic E-state index is 0.0376. The highest BCUT2D eigenvalue weighted by molar-refractivity contribution is 9.10. The first-order chi connectivity index (χ1) is 33.7. The first-order valence-electron chi connectivity index (χ1n) is 23.6. The number of esters is 3. The molecule has 0 spiro atoms. The molecule has 0 aliphatic heterocycles. The van der Waals surface area contributed by atoms with Gasteiger partial charge in [0.1, 0.15) is 17.1 Å². The summed E-state index contributed by atoms with van der Waals surface area (Å²) in [6.45, 7) is 15.7. The zero-order valence-corrected chi connectivity index (χ0v) is 46.6. The molecule has 10 nitrogen and oxygen atoms in total. The molecular formula is C55H65Br2F3O10S2. The molecule has 17 heteroatoms. The number of carbonyl (C=O) groups is 3. The molecule has 0 radical (unpaired) electrons.